The Hall–Kier alpha value is -3.31. The summed E-state index contributed by atoms with van der Waals surface area (Å²) in [6.45, 7) is 7.86. The first-order chi connectivity index (χ1) is 15.6. The van der Waals surface area contributed by atoms with Crippen LogP contribution >= 0.6 is 15.9 Å². The second-order valence-corrected chi connectivity index (χ2v) is 8.59. The topological polar surface area (TPSA) is 91.7 Å². The maximum absolute atomic E-state index is 12.8. The zero-order valence-electron chi connectivity index (χ0n) is 19.7. The fraction of sp³-hybridized carbons (Fsp3) is 0.320. The van der Waals surface area contributed by atoms with Crippen molar-refractivity contribution in [3.8, 4) is 17.6 Å². The van der Waals surface area contributed by atoms with Gasteiger partial charge in [0.25, 0.3) is 11.8 Å². The van der Waals surface area contributed by atoms with Crippen LogP contribution in [0.3, 0.4) is 0 Å². The third kappa shape index (κ3) is 6.83. The van der Waals surface area contributed by atoms with Gasteiger partial charge in [-0.3, -0.25) is 9.59 Å². The molecule has 0 heterocycles. The van der Waals surface area contributed by atoms with Crippen LogP contribution in [0.2, 0.25) is 0 Å². The highest BCUT2D eigenvalue weighted by atomic mass is 79.9. The molecule has 0 radical (unpaired) electrons. The first kappa shape index (κ1) is 25.9. The molecule has 0 saturated heterocycles. The number of likely N-dealkylation sites (N-methyl/N-ethyl adjacent to an activating group) is 1. The minimum atomic E-state index is -0.501. The molecule has 0 spiro atoms. The fourth-order valence-electron chi connectivity index (χ4n) is 3.21. The van der Waals surface area contributed by atoms with Crippen LogP contribution in [0.4, 0.5) is 5.69 Å². The highest BCUT2D eigenvalue weighted by Gasteiger charge is 2.17. The lowest BCUT2D eigenvalue weighted by Gasteiger charge is -2.16. The number of rotatable bonds is 8. The van der Waals surface area contributed by atoms with Gasteiger partial charge in [-0.05, 0) is 78.5 Å². The number of hydrogen-bond acceptors (Lipinski definition) is 5. The van der Waals surface area contributed by atoms with Gasteiger partial charge in [-0.2, -0.15) is 5.26 Å². The van der Waals surface area contributed by atoms with Crippen LogP contribution in [0.15, 0.2) is 34.3 Å². The molecule has 0 saturated carbocycles. The SMILES string of the molecule is CCOc1cc(/C=C(/C#N)C(=O)Nc2c(C)cc(C)cc2C)cc(Br)c1OCC(=O)N(C)C. The summed E-state index contributed by atoms with van der Waals surface area (Å²) in [6, 6.07) is 9.28. The Bertz CT molecular complexity index is 1110. The van der Waals surface area contributed by atoms with E-state index < -0.39 is 5.91 Å². The van der Waals surface area contributed by atoms with Crippen molar-refractivity contribution in [2.45, 2.75) is 27.7 Å². The Labute approximate surface area is 203 Å². The summed E-state index contributed by atoms with van der Waals surface area (Å²) in [5.41, 5.74) is 4.15. The van der Waals surface area contributed by atoms with Crippen molar-refractivity contribution in [3.63, 3.8) is 0 Å². The van der Waals surface area contributed by atoms with Gasteiger partial charge in [0.1, 0.15) is 11.6 Å². The smallest absolute Gasteiger partial charge is 0.266 e. The monoisotopic (exact) mass is 513 g/mol. The summed E-state index contributed by atoms with van der Waals surface area (Å²) >= 11 is 3.44. The van der Waals surface area contributed by atoms with Crippen LogP contribution in [0, 0.1) is 32.1 Å². The van der Waals surface area contributed by atoms with Crippen molar-refractivity contribution in [2.24, 2.45) is 0 Å². The van der Waals surface area contributed by atoms with E-state index in [0.717, 1.165) is 16.7 Å². The fourth-order valence-corrected chi connectivity index (χ4v) is 3.78. The molecule has 33 heavy (non-hydrogen) atoms. The van der Waals surface area contributed by atoms with Gasteiger partial charge >= 0.3 is 0 Å². The van der Waals surface area contributed by atoms with Crippen LogP contribution in [0.5, 0.6) is 11.5 Å². The lowest BCUT2D eigenvalue weighted by atomic mass is 10.0. The molecule has 0 aliphatic carbocycles. The van der Waals surface area contributed by atoms with Crippen molar-refractivity contribution in [3.05, 3.63) is 56.6 Å². The zero-order chi connectivity index (χ0) is 24.7. The molecule has 7 nitrogen and oxygen atoms in total. The van der Waals surface area contributed by atoms with E-state index in [4.69, 9.17) is 9.47 Å². The lowest BCUT2D eigenvalue weighted by Crippen LogP contribution is -2.27. The second kappa shape index (κ2) is 11.5. The predicted molar refractivity (Wildman–Crippen MR) is 132 cm³/mol. The predicted octanol–water partition coefficient (Wildman–Crippen LogP) is 4.79. The number of carbonyl (C=O) groups excluding carboxylic acids is 2. The van der Waals surface area contributed by atoms with E-state index in [-0.39, 0.29) is 18.1 Å². The van der Waals surface area contributed by atoms with Gasteiger partial charge in [0.2, 0.25) is 0 Å². The minimum Gasteiger partial charge on any atom is -0.490 e. The van der Waals surface area contributed by atoms with Crippen LogP contribution < -0.4 is 14.8 Å². The Morgan fingerprint density at radius 2 is 1.76 bits per heavy atom. The molecule has 2 rings (SSSR count). The molecule has 174 valence electrons. The largest absolute Gasteiger partial charge is 0.490 e. The molecule has 0 aliphatic rings. The minimum absolute atomic E-state index is 0.0554. The van der Waals surface area contributed by atoms with E-state index in [1.165, 1.54) is 11.0 Å². The maximum atomic E-state index is 12.8. The van der Waals surface area contributed by atoms with Crippen LogP contribution in [-0.2, 0) is 9.59 Å². The molecule has 2 aromatic rings. The third-order valence-electron chi connectivity index (χ3n) is 4.76. The number of carbonyl (C=O) groups is 2. The van der Waals surface area contributed by atoms with Crippen LogP contribution in [-0.4, -0.2) is 44.0 Å². The first-order valence-corrected chi connectivity index (χ1v) is 11.2. The van der Waals surface area contributed by atoms with E-state index >= 15 is 0 Å². The van der Waals surface area contributed by atoms with Crippen molar-refractivity contribution >= 4 is 39.5 Å². The molecule has 2 aromatic carbocycles. The van der Waals surface area contributed by atoms with Gasteiger partial charge in [-0.25, -0.2) is 0 Å². The summed E-state index contributed by atoms with van der Waals surface area (Å²) in [6.07, 6.45) is 1.48. The summed E-state index contributed by atoms with van der Waals surface area (Å²) in [5, 5.41) is 12.5. The van der Waals surface area contributed by atoms with E-state index in [2.05, 4.69) is 21.2 Å². The number of ether oxygens (including phenoxy) is 2. The number of nitrogens with zero attached hydrogens (tertiary/aromatic N) is 2. The summed E-state index contributed by atoms with van der Waals surface area (Å²) in [4.78, 5) is 26.2. The van der Waals surface area contributed by atoms with Crippen molar-refractivity contribution in [1.82, 2.24) is 4.90 Å². The number of nitrogens with one attached hydrogen (secondary N) is 1. The van der Waals surface area contributed by atoms with Gasteiger partial charge in [0, 0.05) is 19.8 Å². The molecule has 0 aromatic heterocycles. The standard InChI is InChI=1S/C25H28BrN3O4/c1-7-32-21-12-18(11-20(26)24(21)33-14-22(30)29(5)6)10-19(13-27)25(31)28-23-16(3)8-15(2)9-17(23)4/h8-12H,7,14H2,1-6H3,(H,28,31)/b19-10-. The molecule has 0 fully saturated rings. The van der Waals surface area contributed by atoms with Crippen molar-refractivity contribution in [2.75, 3.05) is 32.6 Å². The number of halogens is 1. The van der Waals surface area contributed by atoms with Gasteiger partial charge in [0.05, 0.1) is 11.1 Å². The first-order valence-electron chi connectivity index (χ1n) is 10.4. The van der Waals surface area contributed by atoms with Gasteiger partial charge in [0.15, 0.2) is 18.1 Å². The van der Waals surface area contributed by atoms with E-state index in [1.807, 2.05) is 45.9 Å². The molecule has 8 heteroatoms. The quantitative estimate of drug-likeness (QED) is 0.404. The number of amides is 2. The Balaban J connectivity index is 2.36. The molecule has 0 bridgehead atoms. The van der Waals surface area contributed by atoms with E-state index in [0.29, 0.717) is 33.8 Å². The highest BCUT2D eigenvalue weighted by molar-refractivity contribution is 9.10. The normalized spacial score (nSPS) is 10.9. The number of nitriles is 1. The molecular weight excluding hydrogens is 486 g/mol. The Morgan fingerprint density at radius 1 is 1.12 bits per heavy atom. The molecule has 1 N–H and O–H groups in total. The Morgan fingerprint density at radius 3 is 2.30 bits per heavy atom. The number of benzene rings is 2. The van der Waals surface area contributed by atoms with Gasteiger partial charge in [-0.1, -0.05) is 17.7 Å². The van der Waals surface area contributed by atoms with Crippen molar-refractivity contribution in [1.29, 1.82) is 5.26 Å². The van der Waals surface area contributed by atoms with Gasteiger partial charge in [-0.15, -0.1) is 0 Å². The molecule has 0 aliphatic heterocycles. The van der Waals surface area contributed by atoms with Crippen LogP contribution in [0.25, 0.3) is 6.08 Å². The summed E-state index contributed by atoms with van der Waals surface area (Å²) < 4.78 is 11.9. The third-order valence-corrected chi connectivity index (χ3v) is 5.35. The van der Waals surface area contributed by atoms with Crippen molar-refractivity contribution < 1.29 is 19.1 Å². The number of aryl methyl sites for hydroxylation is 3. The molecule has 0 unspecified atom stereocenters. The highest BCUT2D eigenvalue weighted by Crippen LogP contribution is 2.37. The molecule has 2 amide bonds. The summed E-state index contributed by atoms with van der Waals surface area (Å²) in [7, 11) is 3.29. The lowest BCUT2D eigenvalue weighted by molar-refractivity contribution is -0.130. The molecular formula is C25H28BrN3O4. The van der Waals surface area contributed by atoms with Crippen LogP contribution in [0.1, 0.15) is 29.2 Å². The second-order valence-electron chi connectivity index (χ2n) is 7.74. The maximum Gasteiger partial charge on any atom is 0.266 e. The van der Waals surface area contributed by atoms with E-state index in [9.17, 15) is 14.9 Å². The zero-order valence-corrected chi connectivity index (χ0v) is 21.3. The average Bonchev–Trinajstić information content (AvgIpc) is 2.73. The Kier molecular flexibility index (Phi) is 9.06. The summed E-state index contributed by atoms with van der Waals surface area (Å²) in [5.74, 6) is 0.0719. The van der Waals surface area contributed by atoms with E-state index in [1.54, 1.807) is 26.2 Å². The number of hydrogen-bond donors (Lipinski definition) is 1. The average molecular weight is 514 g/mol. The van der Waals surface area contributed by atoms with Gasteiger partial charge < -0.3 is 19.7 Å². The molecule has 0 atom stereocenters. The number of anilines is 1.